The molecule has 0 aliphatic carbocycles. The largest absolute Gasteiger partial charge is 0.372 e. The van der Waals surface area contributed by atoms with E-state index in [4.69, 9.17) is 28.5 Å². The molecule has 0 unspecified atom stereocenters. The first kappa shape index (κ1) is 12.7. The Labute approximate surface area is 115 Å². The van der Waals surface area contributed by atoms with E-state index in [-0.39, 0.29) is 0 Å². The molecule has 0 amide bonds. The van der Waals surface area contributed by atoms with E-state index in [9.17, 15) is 0 Å². The number of pyridine rings is 1. The number of nitriles is 1. The minimum atomic E-state index is 0.478. The van der Waals surface area contributed by atoms with E-state index in [1.807, 2.05) is 6.07 Å². The Hall–Kier alpha value is -1.76. The third kappa shape index (κ3) is 2.40. The van der Waals surface area contributed by atoms with Crippen molar-refractivity contribution in [2.24, 2.45) is 0 Å². The molecule has 1 heterocycles. The third-order valence-electron chi connectivity index (χ3n) is 2.47. The number of halogens is 2. The molecule has 0 atom stereocenters. The van der Waals surface area contributed by atoms with Crippen LogP contribution in [-0.4, -0.2) is 12.0 Å². The lowest BCUT2D eigenvalue weighted by atomic mass is 10.1. The van der Waals surface area contributed by atoms with Crippen LogP contribution in [0, 0.1) is 11.3 Å². The number of hydrogen-bond donors (Lipinski definition) is 1. The Morgan fingerprint density at radius 3 is 2.56 bits per heavy atom. The van der Waals surface area contributed by atoms with Crippen LogP contribution in [0.1, 0.15) is 5.56 Å². The van der Waals surface area contributed by atoms with Crippen molar-refractivity contribution in [3.05, 3.63) is 45.9 Å². The molecule has 0 fully saturated rings. The normalized spacial score (nSPS) is 9.89. The number of benzene rings is 1. The number of nitrogens with zero attached hydrogens (tertiary/aromatic N) is 2. The Morgan fingerprint density at radius 1 is 1.17 bits per heavy atom. The molecule has 1 N–H and O–H groups in total. The topological polar surface area (TPSA) is 48.7 Å². The summed E-state index contributed by atoms with van der Waals surface area (Å²) in [5.41, 5.74) is 2.09. The van der Waals surface area contributed by atoms with Gasteiger partial charge in [-0.1, -0.05) is 29.3 Å². The standard InChI is InChI=1S/C13H9Cl2N3/c1-17-13-9(7-16)3-5-12(18-13)8-2-4-10(14)11(15)6-8/h2-6H,1H3,(H,17,18). The SMILES string of the molecule is CNc1nc(-c2ccc(Cl)c(Cl)c2)ccc1C#N. The molecule has 0 aliphatic rings. The highest BCUT2D eigenvalue weighted by Gasteiger charge is 2.07. The molecule has 1 aromatic heterocycles. The van der Waals surface area contributed by atoms with Crippen molar-refractivity contribution in [3.8, 4) is 17.3 Å². The van der Waals surface area contributed by atoms with Crippen LogP contribution in [0.3, 0.4) is 0 Å². The van der Waals surface area contributed by atoms with Gasteiger partial charge in [-0.15, -0.1) is 0 Å². The summed E-state index contributed by atoms with van der Waals surface area (Å²) in [5, 5.41) is 12.8. The second-order valence-electron chi connectivity index (χ2n) is 3.58. The monoisotopic (exact) mass is 277 g/mol. The van der Waals surface area contributed by atoms with Gasteiger partial charge in [0.2, 0.25) is 0 Å². The molecule has 2 aromatic rings. The van der Waals surface area contributed by atoms with Gasteiger partial charge in [0.05, 0.1) is 21.3 Å². The van der Waals surface area contributed by atoms with Crippen molar-refractivity contribution in [2.45, 2.75) is 0 Å². The number of anilines is 1. The molecule has 5 heteroatoms. The first-order valence-corrected chi connectivity index (χ1v) is 5.95. The highest BCUT2D eigenvalue weighted by molar-refractivity contribution is 6.42. The molecule has 0 saturated carbocycles. The van der Waals surface area contributed by atoms with E-state index in [2.05, 4.69) is 16.4 Å². The van der Waals surface area contributed by atoms with Gasteiger partial charge in [0.1, 0.15) is 11.9 Å². The van der Waals surface area contributed by atoms with E-state index >= 15 is 0 Å². The first-order chi connectivity index (χ1) is 8.65. The van der Waals surface area contributed by atoms with Crippen LogP contribution < -0.4 is 5.32 Å². The van der Waals surface area contributed by atoms with E-state index in [1.165, 1.54) is 0 Å². The van der Waals surface area contributed by atoms with Crippen LogP contribution in [0.4, 0.5) is 5.82 Å². The molecular formula is C13H9Cl2N3. The van der Waals surface area contributed by atoms with Gasteiger partial charge in [-0.05, 0) is 24.3 Å². The predicted octanol–water partition coefficient (Wildman–Crippen LogP) is 3.97. The molecule has 0 saturated heterocycles. The molecule has 18 heavy (non-hydrogen) atoms. The molecule has 0 bridgehead atoms. The lowest BCUT2D eigenvalue weighted by Gasteiger charge is -2.07. The first-order valence-electron chi connectivity index (χ1n) is 5.20. The molecular weight excluding hydrogens is 269 g/mol. The van der Waals surface area contributed by atoms with Crippen molar-refractivity contribution >= 4 is 29.0 Å². The van der Waals surface area contributed by atoms with Gasteiger partial charge >= 0.3 is 0 Å². The van der Waals surface area contributed by atoms with Gasteiger partial charge in [0.25, 0.3) is 0 Å². The van der Waals surface area contributed by atoms with Crippen LogP contribution in [0.2, 0.25) is 10.0 Å². The van der Waals surface area contributed by atoms with E-state index in [0.717, 1.165) is 11.3 Å². The minimum Gasteiger partial charge on any atom is -0.372 e. The summed E-state index contributed by atoms with van der Waals surface area (Å²) in [7, 11) is 1.72. The second-order valence-corrected chi connectivity index (χ2v) is 4.40. The van der Waals surface area contributed by atoms with Gasteiger partial charge in [0, 0.05) is 12.6 Å². The summed E-state index contributed by atoms with van der Waals surface area (Å²) in [4.78, 5) is 4.37. The lowest BCUT2D eigenvalue weighted by Crippen LogP contribution is -1.97. The molecule has 0 radical (unpaired) electrons. The van der Waals surface area contributed by atoms with Crippen LogP contribution in [0.5, 0.6) is 0 Å². The summed E-state index contributed by atoms with van der Waals surface area (Å²) in [5.74, 6) is 0.543. The number of hydrogen-bond acceptors (Lipinski definition) is 3. The fourth-order valence-corrected chi connectivity index (χ4v) is 1.85. The summed E-state index contributed by atoms with van der Waals surface area (Å²) >= 11 is 11.8. The Bertz CT molecular complexity index is 633. The van der Waals surface area contributed by atoms with Crippen LogP contribution in [-0.2, 0) is 0 Å². The zero-order valence-corrected chi connectivity index (χ0v) is 11.0. The van der Waals surface area contributed by atoms with Crippen molar-refractivity contribution in [2.75, 3.05) is 12.4 Å². The summed E-state index contributed by atoms with van der Waals surface area (Å²) < 4.78 is 0. The molecule has 0 aliphatic heterocycles. The summed E-state index contributed by atoms with van der Waals surface area (Å²) in [6, 6.07) is 10.9. The van der Waals surface area contributed by atoms with Gasteiger partial charge in [-0.3, -0.25) is 0 Å². The van der Waals surface area contributed by atoms with Crippen LogP contribution >= 0.6 is 23.2 Å². The minimum absolute atomic E-state index is 0.478. The van der Waals surface area contributed by atoms with E-state index in [0.29, 0.717) is 21.4 Å². The van der Waals surface area contributed by atoms with Crippen LogP contribution in [0.15, 0.2) is 30.3 Å². The summed E-state index contributed by atoms with van der Waals surface area (Å²) in [6.07, 6.45) is 0. The van der Waals surface area contributed by atoms with E-state index in [1.54, 1.807) is 31.3 Å². The third-order valence-corrected chi connectivity index (χ3v) is 3.21. The van der Waals surface area contributed by atoms with Crippen molar-refractivity contribution < 1.29 is 0 Å². The van der Waals surface area contributed by atoms with Gasteiger partial charge in [-0.25, -0.2) is 4.98 Å². The highest BCUT2D eigenvalue weighted by atomic mass is 35.5. The summed E-state index contributed by atoms with van der Waals surface area (Å²) in [6.45, 7) is 0. The zero-order chi connectivity index (χ0) is 13.1. The van der Waals surface area contributed by atoms with E-state index < -0.39 is 0 Å². The van der Waals surface area contributed by atoms with Crippen molar-refractivity contribution in [3.63, 3.8) is 0 Å². The average molecular weight is 278 g/mol. The Balaban J connectivity index is 2.51. The average Bonchev–Trinajstić information content (AvgIpc) is 2.41. The molecule has 1 aromatic carbocycles. The highest BCUT2D eigenvalue weighted by Crippen LogP contribution is 2.28. The second kappa shape index (κ2) is 5.26. The molecule has 2 rings (SSSR count). The lowest BCUT2D eigenvalue weighted by molar-refractivity contribution is 1.27. The maximum atomic E-state index is 8.92. The van der Waals surface area contributed by atoms with Crippen molar-refractivity contribution in [1.29, 1.82) is 5.26 Å². The van der Waals surface area contributed by atoms with Crippen molar-refractivity contribution in [1.82, 2.24) is 4.98 Å². The fraction of sp³-hybridized carbons (Fsp3) is 0.0769. The maximum absolute atomic E-state index is 8.92. The zero-order valence-electron chi connectivity index (χ0n) is 9.54. The van der Waals surface area contributed by atoms with Crippen LogP contribution in [0.25, 0.3) is 11.3 Å². The molecule has 0 spiro atoms. The Morgan fingerprint density at radius 2 is 1.94 bits per heavy atom. The number of aromatic nitrogens is 1. The van der Waals surface area contributed by atoms with Gasteiger partial charge in [-0.2, -0.15) is 5.26 Å². The van der Waals surface area contributed by atoms with Gasteiger partial charge < -0.3 is 5.32 Å². The molecule has 3 nitrogen and oxygen atoms in total. The number of rotatable bonds is 2. The predicted molar refractivity (Wildman–Crippen MR) is 74.0 cm³/mol. The Kier molecular flexibility index (Phi) is 3.71. The smallest absolute Gasteiger partial charge is 0.144 e. The quantitative estimate of drug-likeness (QED) is 0.904. The maximum Gasteiger partial charge on any atom is 0.144 e. The molecule has 90 valence electrons. The number of nitrogens with one attached hydrogen (secondary N) is 1. The fourth-order valence-electron chi connectivity index (χ4n) is 1.56. The van der Waals surface area contributed by atoms with Gasteiger partial charge in [0.15, 0.2) is 0 Å².